The predicted molar refractivity (Wildman–Crippen MR) is 188 cm³/mol. The van der Waals surface area contributed by atoms with Crippen LogP contribution in [0.25, 0.3) is 32.9 Å². The second-order valence-corrected chi connectivity index (χ2v) is 15.1. The first-order valence-electron chi connectivity index (χ1n) is 17.8. The molecule has 4 aromatic rings. The first-order valence-corrected chi connectivity index (χ1v) is 17.8. The molecule has 0 spiro atoms. The minimum Gasteiger partial charge on any atom is -0.461 e. The number of hydrogen-bond acceptors (Lipinski definition) is 8. The van der Waals surface area contributed by atoms with E-state index in [0.29, 0.717) is 65.9 Å². The van der Waals surface area contributed by atoms with Gasteiger partial charge in [0.05, 0.1) is 22.2 Å². The number of piperazine rings is 1. The lowest BCUT2D eigenvalue weighted by atomic mass is 9.94. The molecule has 0 saturated carbocycles. The minimum atomic E-state index is -0.636. The maximum absolute atomic E-state index is 17.2. The number of amides is 1. The number of aryl methyl sites for hydroxylation is 1. The smallest absolute Gasteiger partial charge is 0.410 e. The average Bonchev–Trinajstić information content (AvgIpc) is 3.67. The largest absolute Gasteiger partial charge is 0.461 e. The van der Waals surface area contributed by atoms with Gasteiger partial charge in [0.25, 0.3) is 0 Å². The molecule has 260 valence electrons. The van der Waals surface area contributed by atoms with Crippen molar-refractivity contribution in [2.45, 2.75) is 82.9 Å². The third-order valence-corrected chi connectivity index (χ3v) is 10.9. The van der Waals surface area contributed by atoms with Crippen molar-refractivity contribution in [2.24, 2.45) is 0 Å². The van der Waals surface area contributed by atoms with E-state index in [0.717, 1.165) is 51.6 Å². The van der Waals surface area contributed by atoms with Gasteiger partial charge in [-0.05, 0) is 90.3 Å². The van der Waals surface area contributed by atoms with Crippen LogP contribution in [0.5, 0.6) is 6.01 Å². The lowest BCUT2D eigenvalue weighted by Crippen LogP contribution is -2.56. The molecule has 0 N–H and O–H groups in total. The summed E-state index contributed by atoms with van der Waals surface area (Å²) in [6.45, 7) is 9.46. The summed E-state index contributed by atoms with van der Waals surface area (Å²) >= 11 is 0. The van der Waals surface area contributed by atoms with Gasteiger partial charge < -0.3 is 19.3 Å². The van der Waals surface area contributed by atoms with E-state index in [9.17, 15) is 4.79 Å². The SMILES string of the molecule is C#Cc1c(F)ccc2cccc(-c3nc4c5c(nc(OCC67CCCN6CCC7)nc5c3F)N3CCN(C(=O)OC(C)(C)C)CC3CCC4)c12. The lowest BCUT2D eigenvalue weighted by molar-refractivity contribution is 0.0211. The number of rotatable bonds is 4. The molecular weight excluding hydrogens is 638 g/mol. The minimum absolute atomic E-state index is 0.0583. The molecule has 50 heavy (non-hydrogen) atoms. The van der Waals surface area contributed by atoms with Gasteiger partial charge in [0, 0.05) is 36.6 Å². The first kappa shape index (κ1) is 32.6. The van der Waals surface area contributed by atoms with Crippen LogP contribution in [0.15, 0.2) is 30.3 Å². The highest BCUT2D eigenvalue weighted by Crippen LogP contribution is 2.42. The number of hydrogen-bond donors (Lipinski definition) is 0. The summed E-state index contributed by atoms with van der Waals surface area (Å²) in [4.78, 5) is 34.3. The standard InChI is InChI=1S/C39H42F2N6O3/c1-5-26-28(40)15-14-24-10-6-12-27(30(24)26)33-32(41)34-31-29(42-33)13-7-11-25-22-45(37(48)50-38(2,3)4)20-21-47(25)35(31)44-36(43-34)49-23-39-16-8-18-46(39)19-9-17-39/h1,6,10,12,14-15,25H,7-9,11,13,16-23H2,2-4H3. The van der Waals surface area contributed by atoms with E-state index in [1.807, 2.05) is 26.8 Å². The molecule has 2 aromatic heterocycles. The number of pyridine rings is 1. The van der Waals surface area contributed by atoms with Gasteiger partial charge in [0.2, 0.25) is 0 Å². The fourth-order valence-electron chi connectivity index (χ4n) is 8.57. The lowest BCUT2D eigenvalue weighted by Gasteiger charge is -2.43. The van der Waals surface area contributed by atoms with Crippen molar-refractivity contribution in [3.63, 3.8) is 0 Å². The molecule has 0 bridgehead atoms. The van der Waals surface area contributed by atoms with Crippen LogP contribution in [0.3, 0.4) is 0 Å². The van der Waals surface area contributed by atoms with E-state index < -0.39 is 17.2 Å². The number of aromatic nitrogens is 3. The van der Waals surface area contributed by atoms with Crippen LogP contribution >= 0.6 is 0 Å². The Morgan fingerprint density at radius 3 is 2.58 bits per heavy atom. The number of carbonyl (C=O) groups is 1. The number of anilines is 1. The van der Waals surface area contributed by atoms with E-state index in [1.165, 1.54) is 6.07 Å². The number of carbonyl (C=O) groups excluding carboxylic acids is 1. The molecular formula is C39H42F2N6O3. The second-order valence-electron chi connectivity index (χ2n) is 15.1. The van der Waals surface area contributed by atoms with E-state index in [4.69, 9.17) is 30.8 Å². The maximum Gasteiger partial charge on any atom is 0.410 e. The fourth-order valence-corrected chi connectivity index (χ4v) is 8.57. The second kappa shape index (κ2) is 12.3. The van der Waals surface area contributed by atoms with Gasteiger partial charge in [0.15, 0.2) is 5.82 Å². The van der Waals surface area contributed by atoms with Gasteiger partial charge in [-0.15, -0.1) is 6.42 Å². The number of fused-ring (bicyclic) bond motifs is 4. The van der Waals surface area contributed by atoms with Crippen LogP contribution in [0.4, 0.5) is 19.4 Å². The quantitative estimate of drug-likeness (QED) is 0.216. The third-order valence-electron chi connectivity index (χ3n) is 10.9. The average molecular weight is 681 g/mol. The van der Waals surface area contributed by atoms with Crippen LogP contribution in [0.2, 0.25) is 0 Å². The molecule has 9 nitrogen and oxygen atoms in total. The number of nitrogens with zero attached hydrogens (tertiary/aromatic N) is 6. The Hall–Kier alpha value is -4.56. The Kier molecular flexibility index (Phi) is 8.05. The van der Waals surface area contributed by atoms with Crippen LogP contribution in [0.1, 0.15) is 70.6 Å². The van der Waals surface area contributed by atoms with Crippen molar-refractivity contribution in [2.75, 3.05) is 44.2 Å². The Morgan fingerprint density at radius 2 is 1.82 bits per heavy atom. The Bertz CT molecular complexity index is 2050. The maximum atomic E-state index is 17.2. The van der Waals surface area contributed by atoms with Gasteiger partial charge in [-0.1, -0.05) is 30.2 Å². The Labute approximate surface area is 291 Å². The molecule has 3 saturated heterocycles. The third kappa shape index (κ3) is 5.58. The van der Waals surface area contributed by atoms with Gasteiger partial charge in [-0.2, -0.15) is 9.97 Å². The first-order chi connectivity index (χ1) is 24.0. The summed E-state index contributed by atoms with van der Waals surface area (Å²) in [7, 11) is 0. The summed E-state index contributed by atoms with van der Waals surface area (Å²) in [5.41, 5.74) is 0.657. The number of terminal acetylenes is 1. The van der Waals surface area contributed by atoms with Crippen molar-refractivity contribution < 1.29 is 23.0 Å². The number of halogens is 2. The Morgan fingerprint density at radius 1 is 1.02 bits per heavy atom. The van der Waals surface area contributed by atoms with E-state index in [-0.39, 0.29) is 40.5 Å². The van der Waals surface area contributed by atoms with Crippen molar-refractivity contribution in [3.05, 3.63) is 53.2 Å². The van der Waals surface area contributed by atoms with Gasteiger partial charge in [0.1, 0.15) is 35.1 Å². The molecule has 8 rings (SSSR count). The molecule has 6 heterocycles. The van der Waals surface area contributed by atoms with Crippen molar-refractivity contribution in [1.82, 2.24) is 24.8 Å². The van der Waals surface area contributed by atoms with E-state index in [1.54, 1.807) is 23.1 Å². The molecule has 1 amide bonds. The zero-order chi connectivity index (χ0) is 34.8. The highest BCUT2D eigenvalue weighted by molar-refractivity contribution is 6.02. The fraction of sp³-hybridized carbons (Fsp3) is 0.487. The Balaban J connectivity index is 1.27. The van der Waals surface area contributed by atoms with Crippen LogP contribution in [-0.2, 0) is 11.2 Å². The highest BCUT2D eigenvalue weighted by atomic mass is 19.1. The van der Waals surface area contributed by atoms with Crippen LogP contribution < -0.4 is 9.64 Å². The van der Waals surface area contributed by atoms with Crippen LogP contribution in [-0.4, -0.2) is 87.4 Å². The molecule has 0 aliphatic carbocycles. The monoisotopic (exact) mass is 680 g/mol. The normalized spacial score (nSPS) is 20.3. The predicted octanol–water partition coefficient (Wildman–Crippen LogP) is 6.87. The van der Waals surface area contributed by atoms with Crippen LogP contribution in [0, 0.1) is 24.0 Å². The van der Waals surface area contributed by atoms with Crippen molar-refractivity contribution >= 4 is 33.6 Å². The van der Waals surface area contributed by atoms with E-state index >= 15 is 8.78 Å². The molecule has 3 fully saturated rings. The summed E-state index contributed by atoms with van der Waals surface area (Å²) in [5, 5.41) is 1.67. The zero-order valence-corrected chi connectivity index (χ0v) is 28.9. The number of ether oxygens (including phenoxy) is 2. The van der Waals surface area contributed by atoms with Gasteiger partial charge in [-0.25, -0.2) is 18.6 Å². The zero-order valence-electron chi connectivity index (χ0n) is 28.9. The van der Waals surface area contributed by atoms with Gasteiger partial charge >= 0.3 is 12.1 Å². The molecule has 1 unspecified atom stereocenters. The van der Waals surface area contributed by atoms with Crippen molar-refractivity contribution in [3.8, 4) is 29.6 Å². The molecule has 0 radical (unpaired) electrons. The summed E-state index contributed by atoms with van der Waals surface area (Å²) in [5.74, 6) is 1.86. The summed E-state index contributed by atoms with van der Waals surface area (Å²) in [6.07, 6.45) is 11.8. The summed E-state index contributed by atoms with van der Waals surface area (Å²) < 4.78 is 44.4. The molecule has 1 atom stereocenters. The van der Waals surface area contributed by atoms with E-state index in [2.05, 4.69) is 15.7 Å². The molecule has 4 aliphatic rings. The van der Waals surface area contributed by atoms with Gasteiger partial charge in [-0.3, -0.25) is 4.90 Å². The summed E-state index contributed by atoms with van der Waals surface area (Å²) in [6, 6.07) is 8.38. The molecule has 2 aromatic carbocycles. The van der Waals surface area contributed by atoms with Crippen molar-refractivity contribution in [1.29, 1.82) is 0 Å². The molecule has 11 heteroatoms. The number of benzene rings is 2. The highest BCUT2D eigenvalue weighted by Gasteiger charge is 2.45. The topological polar surface area (TPSA) is 83.9 Å². The molecule has 4 aliphatic heterocycles.